The Morgan fingerprint density at radius 2 is 1.73 bits per heavy atom. The van der Waals surface area contributed by atoms with E-state index < -0.39 is 0 Å². The highest BCUT2D eigenvalue weighted by atomic mass is 16.2. The minimum Gasteiger partial charge on any atom is -0.323 e. The van der Waals surface area contributed by atoms with Gasteiger partial charge in [0.25, 0.3) is 0 Å². The molecule has 5 heteroatoms. The molecule has 0 atom stereocenters. The number of rotatable bonds is 8. The van der Waals surface area contributed by atoms with Crippen LogP contribution in [0.3, 0.4) is 0 Å². The van der Waals surface area contributed by atoms with E-state index in [1.54, 1.807) is 4.90 Å². The van der Waals surface area contributed by atoms with E-state index in [0.29, 0.717) is 19.0 Å². The van der Waals surface area contributed by atoms with E-state index in [-0.39, 0.29) is 11.8 Å². The van der Waals surface area contributed by atoms with Crippen molar-refractivity contribution in [3.63, 3.8) is 0 Å². The molecule has 0 bridgehead atoms. The smallest absolute Gasteiger partial charge is 0.238 e. The summed E-state index contributed by atoms with van der Waals surface area (Å²) in [5, 5.41) is 3.09. The predicted octanol–water partition coefficient (Wildman–Crippen LogP) is 4.24. The third-order valence-corrected chi connectivity index (χ3v) is 6.26. The predicted molar refractivity (Wildman–Crippen MR) is 121 cm³/mol. The zero-order chi connectivity index (χ0) is 20.8. The first kappa shape index (κ1) is 20.6. The second-order valence-electron chi connectivity index (χ2n) is 8.36. The number of hydrogen-bond acceptors (Lipinski definition) is 3. The zero-order valence-corrected chi connectivity index (χ0v) is 17.6. The Hall–Kier alpha value is -2.66. The summed E-state index contributed by atoms with van der Waals surface area (Å²) in [6, 6.07) is 18.6. The molecule has 5 nitrogen and oxygen atoms in total. The molecule has 0 unspecified atom stereocenters. The molecule has 2 aromatic rings. The van der Waals surface area contributed by atoms with Crippen LogP contribution in [0.2, 0.25) is 0 Å². The Bertz CT molecular complexity index is 862. The van der Waals surface area contributed by atoms with Crippen molar-refractivity contribution in [1.82, 2.24) is 4.90 Å². The van der Waals surface area contributed by atoms with Gasteiger partial charge in [-0.1, -0.05) is 55.3 Å². The van der Waals surface area contributed by atoms with Gasteiger partial charge in [0.15, 0.2) is 0 Å². The van der Waals surface area contributed by atoms with Gasteiger partial charge < -0.3 is 10.2 Å². The van der Waals surface area contributed by atoms with Crippen LogP contribution in [0.15, 0.2) is 54.6 Å². The van der Waals surface area contributed by atoms with Crippen LogP contribution in [-0.2, 0) is 16.0 Å². The van der Waals surface area contributed by atoms with Crippen molar-refractivity contribution in [2.24, 2.45) is 0 Å². The fourth-order valence-electron chi connectivity index (χ4n) is 4.67. The standard InChI is InChI=1S/C25H31N3O2/c29-24(26-22-13-6-7-14-23(22)28-17-8-15-25(28)30)19-27(21-11-4-5-12-21)18-16-20-9-2-1-3-10-20/h1-3,6-7,9-10,13-14,21H,4-5,8,11-12,15-19H2,(H,26,29). The minimum atomic E-state index is -0.00550. The molecule has 1 saturated heterocycles. The monoisotopic (exact) mass is 405 g/mol. The number of para-hydroxylation sites is 2. The van der Waals surface area contributed by atoms with Crippen LogP contribution >= 0.6 is 0 Å². The van der Waals surface area contributed by atoms with E-state index in [9.17, 15) is 9.59 Å². The van der Waals surface area contributed by atoms with Gasteiger partial charge in [0.05, 0.1) is 17.9 Å². The number of hydrogen-bond donors (Lipinski definition) is 1. The molecule has 2 fully saturated rings. The lowest BCUT2D eigenvalue weighted by molar-refractivity contribution is -0.118. The second kappa shape index (κ2) is 9.90. The molecule has 4 rings (SSSR count). The largest absolute Gasteiger partial charge is 0.323 e. The lowest BCUT2D eigenvalue weighted by atomic mass is 10.1. The molecule has 2 aliphatic rings. The fourth-order valence-corrected chi connectivity index (χ4v) is 4.67. The Labute approximate surface area is 179 Å². The van der Waals surface area contributed by atoms with Gasteiger partial charge in [0, 0.05) is 25.6 Å². The summed E-state index contributed by atoms with van der Waals surface area (Å²) < 4.78 is 0. The molecular weight excluding hydrogens is 374 g/mol. The minimum absolute atomic E-state index is 0.00550. The highest BCUT2D eigenvalue weighted by Gasteiger charge is 2.26. The molecule has 2 aromatic carbocycles. The average Bonchev–Trinajstić information content (AvgIpc) is 3.44. The van der Waals surface area contributed by atoms with Gasteiger partial charge in [-0.05, 0) is 43.4 Å². The number of nitrogens with one attached hydrogen (secondary N) is 1. The summed E-state index contributed by atoms with van der Waals surface area (Å²) in [6.45, 7) is 1.99. The summed E-state index contributed by atoms with van der Waals surface area (Å²) in [5.41, 5.74) is 2.84. The van der Waals surface area contributed by atoms with Gasteiger partial charge in [0.1, 0.15) is 0 Å². The first-order chi connectivity index (χ1) is 14.7. The molecular formula is C25H31N3O2. The first-order valence-corrected chi connectivity index (χ1v) is 11.2. The van der Waals surface area contributed by atoms with E-state index in [1.165, 1.54) is 31.2 Å². The van der Waals surface area contributed by atoms with Crippen molar-refractivity contribution in [3.05, 3.63) is 60.2 Å². The van der Waals surface area contributed by atoms with Crippen LogP contribution in [0, 0.1) is 0 Å². The van der Waals surface area contributed by atoms with Crippen molar-refractivity contribution in [2.45, 2.75) is 51.0 Å². The normalized spacial score (nSPS) is 17.1. The number of nitrogens with zero attached hydrogens (tertiary/aromatic N) is 2. The van der Waals surface area contributed by atoms with E-state index in [2.05, 4.69) is 34.5 Å². The van der Waals surface area contributed by atoms with Crippen molar-refractivity contribution < 1.29 is 9.59 Å². The Kier molecular flexibility index (Phi) is 6.80. The summed E-state index contributed by atoms with van der Waals surface area (Å²) in [4.78, 5) is 29.3. The van der Waals surface area contributed by atoms with Crippen LogP contribution in [0.25, 0.3) is 0 Å². The maximum Gasteiger partial charge on any atom is 0.238 e. The highest BCUT2D eigenvalue weighted by molar-refractivity contribution is 6.02. The highest BCUT2D eigenvalue weighted by Crippen LogP contribution is 2.29. The molecule has 0 aromatic heterocycles. The van der Waals surface area contributed by atoms with Gasteiger partial charge in [-0.25, -0.2) is 0 Å². The van der Waals surface area contributed by atoms with Gasteiger partial charge in [-0.2, -0.15) is 0 Å². The number of amides is 2. The molecule has 158 valence electrons. The molecule has 1 aliphatic carbocycles. The molecule has 2 amide bonds. The third-order valence-electron chi connectivity index (χ3n) is 6.26. The molecule has 1 aliphatic heterocycles. The maximum absolute atomic E-state index is 13.0. The van der Waals surface area contributed by atoms with E-state index in [0.717, 1.165) is 37.3 Å². The topological polar surface area (TPSA) is 52.7 Å². The molecule has 0 spiro atoms. The van der Waals surface area contributed by atoms with Crippen molar-refractivity contribution in [3.8, 4) is 0 Å². The molecule has 30 heavy (non-hydrogen) atoms. The van der Waals surface area contributed by atoms with E-state index in [4.69, 9.17) is 0 Å². The van der Waals surface area contributed by atoms with Crippen LogP contribution in [0.1, 0.15) is 44.1 Å². The average molecular weight is 406 g/mol. The van der Waals surface area contributed by atoms with Crippen molar-refractivity contribution in [1.29, 1.82) is 0 Å². The SMILES string of the molecule is O=C(CN(CCc1ccccc1)C1CCCC1)Nc1ccccc1N1CCCC1=O. The maximum atomic E-state index is 13.0. The quantitative estimate of drug-likeness (QED) is 0.715. The van der Waals surface area contributed by atoms with Crippen LogP contribution in [0.4, 0.5) is 11.4 Å². The van der Waals surface area contributed by atoms with Gasteiger partial charge in [-0.3, -0.25) is 14.5 Å². The number of carbonyl (C=O) groups is 2. The molecule has 1 heterocycles. The Morgan fingerprint density at radius 3 is 2.47 bits per heavy atom. The summed E-state index contributed by atoms with van der Waals surface area (Å²) in [5.74, 6) is 0.126. The van der Waals surface area contributed by atoms with Crippen molar-refractivity contribution >= 4 is 23.2 Å². The Morgan fingerprint density at radius 1 is 1.00 bits per heavy atom. The Balaban J connectivity index is 1.42. The van der Waals surface area contributed by atoms with Gasteiger partial charge in [0.2, 0.25) is 11.8 Å². The summed E-state index contributed by atoms with van der Waals surface area (Å²) >= 11 is 0. The fraction of sp³-hybridized carbons (Fsp3) is 0.440. The first-order valence-electron chi connectivity index (χ1n) is 11.2. The summed E-state index contributed by atoms with van der Waals surface area (Å²) in [6.07, 6.45) is 7.22. The molecule has 0 radical (unpaired) electrons. The molecule has 1 N–H and O–H groups in total. The van der Waals surface area contributed by atoms with Crippen LogP contribution < -0.4 is 10.2 Å². The summed E-state index contributed by atoms with van der Waals surface area (Å²) in [7, 11) is 0. The van der Waals surface area contributed by atoms with Crippen LogP contribution in [0.5, 0.6) is 0 Å². The zero-order valence-electron chi connectivity index (χ0n) is 17.6. The van der Waals surface area contributed by atoms with Crippen LogP contribution in [-0.4, -0.2) is 42.4 Å². The van der Waals surface area contributed by atoms with Gasteiger partial charge >= 0.3 is 0 Å². The lowest BCUT2D eigenvalue weighted by Gasteiger charge is -2.28. The number of carbonyl (C=O) groups excluding carboxylic acids is 2. The lowest BCUT2D eigenvalue weighted by Crippen LogP contribution is -2.41. The van der Waals surface area contributed by atoms with Crippen molar-refractivity contribution in [2.75, 3.05) is 29.9 Å². The second-order valence-corrected chi connectivity index (χ2v) is 8.36. The number of anilines is 2. The van der Waals surface area contributed by atoms with E-state index >= 15 is 0 Å². The van der Waals surface area contributed by atoms with Gasteiger partial charge in [-0.15, -0.1) is 0 Å². The third kappa shape index (κ3) is 5.08. The molecule has 1 saturated carbocycles. The number of benzene rings is 2. The van der Waals surface area contributed by atoms with E-state index in [1.807, 2.05) is 30.3 Å².